The van der Waals surface area contributed by atoms with E-state index in [-0.39, 0.29) is 0 Å². The van der Waals surface area contributed by atoms with Gasteiger partial charge in [-0.1, -0.05) is 6.42 Å². The van der Waals surface area contributed by atoms with Crippen LogP contribution in [0.25, 0.3) is 0 Å². The molecule has 4 heteroatoms. The van der Waals surface area contributed by atoms with Crippen molar-refractivity contribution in [3.63, 3.8) is 0 Å². The molecule has 0 aromatic heterocycles. The van der Waals surface area contributed by atoms with Crippen LogP contribution in [0.1, 0.15) is 38.5 Å². The van der Waals surface area contributed by atoms with Gasteiger partial charge in [-0.25, -0.2) is 0 Å². The van der Waals surface area contributed by atoms with Crippen LogP contribution in [0.3, 0.4) is 0 Å². The van der Waals surface area contributed by atoms with Crippen molar-refractivity contribution < 1.29 is 5.32 Å². The fraction of sp³-hybridized carbons (Fsp3) is 1.00. The molecule has 1 aliphatic carbocycles. The first-order valence-electron chi connectivity index (χ1n) is 7.61. The molecule has 0 amide bonds. The van der Waals surface area contributed by atoms with Gasteiger partial charge in [0, 0.05) is 36.2 Å². The minimum Gasteiger partial charge on any atom is -0.328 e. The molecule has 0 radical (unpaired) electrons. The first-order chi connectivity index (χ1) is 8.66. The first-order valence-corrected chi connectivity index (χ1v) is 8.05. The summed E-state index contributed by atoms with van der Waals surface area (Å²) in [5.74, 6) is 1.31. The van der Waals surface area contributed by atoms with Crippen LogP contribution in [0.15, 0.2) is 0 Å². The topological polar surface area (TPSA) is 45.9 Å². The van der Waals surface area contributed by atoms with E-state index in [1.54, 1.807) is 0 Å². The Morgan fingerprint density at radius 2 is 2.00 bits per heavy atom. The van der Waals surface area contributed by atoms with Crippen molar-refractivity contribution in [1.29, 1.82) is 0 Å². The molecule has 3 fully saturated rings. The molecule has 0 bridgehead atoms. The number of nitrogens with zero attached hydrogens (tertiary/aromatic N) is 1. The largest absolute Gasteiger partial charge is 0.328 e. The van der Waals surface area contributed by atoms with Crippen molar-refractivity contribution in [2.75, 3.05) is 13.6 Å². The lowest BCUT2D eigenvalue weighted by Crippen LogP contribution is -3.04. The number of hydrogen-bond donors (Lipinski definition) is 2. The molecule has 0 aromatic carbocycles. The van der Waals surface area contributed by atoms with Gasteiger partial charge in [0.25, 0.3) is 0 Å². The maximum Gasteiger partial charge on any atom is 0.146 e. The van der Waals surface area contributed by atoms with Crippen molar-refractivity contribution in [2.45, 2.75) is 62.2 Å². The van der Waals surface area contributed by atoms with Crippen LogP contribution in [-0.4, -0.2) is 42.1 Å². The second kappa shape index (κ2) is 5.28. The Labute approximate surface area is 115 Å². The summed E-state index contributed by atoms with van der Waals surface area (Å²) < 4.78 is 0. The smallest absolute Gasteiger partial charge is 0.146 e. The summed E-state index contributed by atoms with van der Waals surface area (Å²) in [4.78, 5) is 2.54. The third-order valence-corrected chi connectivity index (χ3v) is 5.97. The standard InChI is InChI=1S/C14H26ClN3/c1-18-7-3-2-4-10-13(16)11-8-9(15)5-6-12(11)17-14(10)18/h9-14,17H,2-8,16H2,1H3/p+1. The molecule has 1 saturated carbocycles. The Morgan fingerprint density at radius 3 is 2.83 bits per heavy atom. The van der Waals surface area contributed by atoms with E-state index in [0.717, 1.165) is 12.5 Å². The maximum absolute atomic E-state index is 6.63. The van der Waals surface area contributed by atoms with E-state index in [4.69, 9.17) is 17.3 Å². The fourth-order valence-electron chi connectivity index (χ4n) is 4.53. The number of nitrogens with two attached hydrogens (primary N) is 2. The molecule has 2 heterocycles. The molecular formula is C14H27ClN3+. The van der Waals surface area contributed by atoms with Gasteiger partial charge in [-0.3, -0.25) is 4.90 Å². The van der Waals surface area contributed by atoms with E-state index >= 15 is 0 Å². The van der Waals surface area contributed by atoms with Gasteiger partial charge in [0.15, 0.2) is 0 Å². The zero-order valence-electron chi connectivity index (χ0n) is 11.4. The van der Waals surface area contributed by atoms with Gasteiger partial charge in [0.2, 0.25) is 0 Å². The lowest BCUT2D eigenvalue weighted by molar-refractivity contribution is -0.763. The number of likely N-dealkylation sites (tertiary alicyclic amines) is 1. The average Bonchev–Trinajstić information content (AvgIpc) is 2.54. The highest BCUT2D eigenvalue weighted by molar-refractivity contribution is 6.20. The molecule has 6 unspecified atom stereocenters. The highest BCUT2D eigenvalue weighted by Crippen LogP contribution is 2.36. The van der Waals surface area contributed by atoms with Crippen LogP contribution < -0.4 is 11.1 Å². The predicted octanol–water partition coefficient (Wildman–Crippen LogP) is 0.725. The van der Waals surface area contributed by atoms with E-state index in [1.165, 1.54) is 38.6 Å². The Kier molecular flexibility index (Phi) is 3.86. The number of fused-ring (bicyclic) bond motifs is 2. The molecule has 3 nitrogen and oxygen atoms in total. The quantitative estimate of drug-likeness (QED) is 0.639. The monoisotopic (exact) mass is 272 g/mol. The Morgan fingerprint density at radius 1 is 1.17 bits per heavy atom. The number of alkyl halides is 1. The van der Waals surface area contributed by atoms with Crippen LogP contribution in [0.2, 0.25) is 0 Å². The van der Waals surface area contributed by atoms with Gasteiger partial charge < -0.3 is 11.1 Å². The summed E-state index contributed by atoms with van der Waals surface area (Å²) in [5, 5.41) is 3.00. The lowest BCUT2D eigenvalue weighted by Gasteiger charge is -2.48. The Hall–Kier alpha value is 0.170. The average molecular weight is 273 g/mol. The van der Waals surface area contributed by atoms with Crippen LogP contribution in [0.4, 0.5) is 0 Å². The molecule has 2 saturated heterocycles. The third-order valence-electron chi connectivity index (χ3n) is 5.57. The molecule has 3 aliphatic rings. The molecule has 2 aliphatic heterocycles. The highest BCUT2D eigenvalue weighted by atomic mass is 35.5. The summed E-state index contributed by atoms with van der Waals surface area (Å²) in [6, 6.07) is 1.09. The van der Waals surface area contributed by atoms with Crippen molar-refractivity contribution >= 4 is 11.6 Å². The highest BCUT2D eigenvalue weighted by Gasteiger charge is 2.49. The second-order valence-corrected chi connectivity index (χ2v) is 7.26. The van der Waals surface area contributed by atoms with Gasteiger partial charge in [0.1, 0.15) is 6.17 Å². The number of rotatable bonds is 0. The normalized spacial score (nSPS) is 50.2. The first kappa shape index (κ1) is 13.2. The molecule has 6 atom stereocenters. The molecular weight excluding hydrogens is 246 g/mol. The maximum atomic E-state index is 6.63. The SMILES string of the molecule is CN1CCCCC2C(N)C3CC(Cl)CCC3[NH2+]C21. The van der Waals surface area contributed by atoms with Gasteiger partial charge >= 0.3 is 0 Å². The third kappa shape index (κ3) is 2.31. The van der Waals surface area contributed by atoms with Crippen LogP contribution in [0.5, 0.6) is 0 Å². The van der Waals surface area contributed by atoms with Crippen molar-refractivity contribution in [3.8, 4) is 0 Å². The van der Waals surface area contributed by atoms with E-state index in [0.29, 0.717) is 29.4 Å². The Bertz CT molecular complexity index is 299. The summed E-state index contributed by atoms with van der Waals surface area (Å²) >= 11 is 6.36. The number of quaternary nitrogens is 1. The van der Waals surface area contributed by atoms with Crippen LogP contribution in [0, 0.1) is 11.8 Å². The lowest BCUT2D eigenvalue weighted by atomic mass is 9.70. The summed E-state index contributed by atoms with van der Waals surface area (Å²) in [6.45, 7) is 1.24. The summed E-state index contributed by atoms with van der Waals surface area (Å²) in [6.07, 6.45) is 8.17. The van der Waals surface area contributed by atoms with Gasteiger partial charge in [-0.05, 0) is 32.7 Å². The number of halogens is 1. The van der Waals surface area contributed by atoms with Crippen LogP contribution in [-0.2, 0) is 0 Å². The molecule has 4 N–H and O–H groups in total. The van der Waals surface area contributed by atoms with E-state index < -0.39 is 0 Å². The van der Waals surface area contributed by atoms with Gasteiger partial charge in [-0.2, -0.15) is 0 Å². The second-order valence-electron chi connectivity index (χ2n) is 6.64. The molecule has 0 aromatic rings. The van der Waals surface area contributed by atoms with Crippen LogP contribution >= 0.6 is 11.6 Å². The minimum absolute atomic E-state index is 0.366. The predicted molar refractivity (Wildman–Crippen MR) is 74.4 cm³/mol. The zero-order chi connectivity index (χ0) is 12.7. The zero-order valence-corrected chi connectivity index (χ0v) is 12.1. The van der Waals surface area contributed by atoms with Crippen molar-refractivity contribution in [3.05, 3.63) is 0 Å². The Balaban J connectivity index is 1.79. The fourth-order valence-corrected chi connectivity index (χ4v) is 4.86. The van der Waals surface area contributed by atoms with E-state index in [9.17, 15) is 0 Å². The number of piperidine rings is 1. The van der Waals surface area contributed by atoms with Gasteiger partial charge in [-0.15, -0.1) is 11.6 Å². The molecule has 0 spiro atoms. The van der Waals surface area contributed by atoms with Crippen molar-refractivity contribution in [2.24, 2.45) is 17.6 Å². The molecule has 18 heavy (non-hydrogen) atoms. The van der Waals surface area contributed by atoms with Crippen molar-refractivity contribution in [1.82, 2.24) is 4.90 Å². The molecule has 3 rings (SSSR count). The summed E-state index contributed by atoms with van der Waals surface area (Å²) in [5.41, 5.74) is 6.63. The van der Waals surface area contributed by atoms with E-state index in [2.05, 4.69) is 17.3 Å². The van der Waals surface area contributed by atoms with Gasteiger partial charge in [0.05, 0.1) is 6.04 Å². The summed E-state index contributed by atoms with van der Waals surface area (Å²) in [7, 11) is 2.28. The number of hydrogen-bond acceptors (Lipinski definition) is 2. The van der Waals surface area contributed by atoms with E-state index in [1.807, 2.05) is 0 Å². The minimum atomic E-state index is 0.366. The molecule has 104 valence electrons.